The van der Waals surface area contributed by atoms with Crippen molar-refractivity contribution in [2.24, 2.45) is 0 Å². The first-order chi connectivity index (χ1) is 9.11. The lowest BCUT2D eigenvalue weighted by molar-refractivity contribution is -0.156. The lowest BCUT2D eigenvalue weighted by atomic mass is 9.90. The minimum absolute atomic E-state index is 0.0702. The van der Waals surface area contributed by atoms with E-state index in [1.54, 1.807) is 13.2 Å². The van der Waals surface area contributed by atoms with Crippen molar-refractivity contribution in [1.29, 1.82) is 0 Å². The summed E-state index contributed by atoms with van der Waals surface area (Å²) in [6.07, 6.45) is -0.348. The molecular formula is C14H17ClO4. The number of carbonyl (C=O) groups excluding carboxylic acids is 1. The highest BCUT2D eigenvalue weighted by molar-refractivity contribution is 6.30. The molecule has 0 N–H and O–H groups in total. The van der Waals surface area contributed by atoms with Crippen molar-refractivity contribution in [2.75, 3.05) is 20.3 Å². The van der Waals surface area contributed by atoms with Crippen LogP contribution in [0.2, 0.25) is 5.02 Å². The molecule has 0 aliphatic heterocycles. The highest BCUT2D eigenvalue weighted by Crippen LogP contribution is 2.29. The topological polar surface area (TPSA) is 44.8 Å². The maximum Gasteiger partial charge on any atom is 0.169 e. The van der Waals surface area contributed by atoms with Crippen molar-refractivity contribution in [3.05, 3.63) is 28.8 Å². The summed E-state index contributed by atoms with van der Waals surface area (Å²) in [4.78, 5) is 11.5. The predicted octanol–water partition coefficient (Wildman–Crippen LogP) is 2.40. The number of carbonyl (C=O) groups is 1. The number of ketones is 1. The van der Waals surface area contributed by atoms with Crippen molar-refractivity contribution in [3.8, 4) is 5.75 Å². The minimum Gasteiger partial charge on any atom is -0.486 e. The maximum atomic E-state index is 11.5. The Morgan fingerprint density at radius 2 is 2.16 bits per heavy atom. The smallest absolute Gasteiger partial charge is 0.169 e. The van der Waals surface area contributed by atoms with Gasteiger partial charge in [-0.15, -0.1) is 0 Å². The van der Waals surface area contributed by atoms with E-state index in [4.69, 9.17) is 25.8 Å². The zero-order chi connectivity index (χ0) is 13.8. The van der Waals surface area contributed by atoms with Gasteiger partial charge in [0.25, 0.3) is 0 Å². The molecule has 1 aromatic rings. The second kappa shape index (κ2) is 6.37. The number of rotatable bonds is 6. The number of Topliss-reactive ketones (excluding diaryl/α,β-unsaturated/α-hetero) is 1. The number of halogens is 1. The number of ether oxygens (including phenoxy) is 3. The normalized spacial score (nSPS) is 22.2. The zero-order valence-electron chi connectivity index (χ0n) is 11.0. The zero-order valence-corrected chi connectivity index (χ0v) is 11.8. The molecule has 1 aromatic carbocycles. The Hall–Kier alpha value is -1.10. The van der Waals surface area contributed by atoms with Crippen LogP contribution in [0.4, 0.5) is 0 Å². The number of hydrogen-bond donors (Lipinski definition) is 0. The van der Waals surface area contributed by atoms with Gasteiger partial charge in [-0.05, 0) is 24.6 Å². The van der Waals surface area contributed by atoms with E-state index in [0.29, 0.717) is 30.4 Å². The maximum absolute atomic E-state index is 11.5. The second-order valence-corrected chi connectivity index (χ2v) is 4.96. The third kappa shape index (κ3) is 3.47. The highest BCUT2D eigenvalue weighted by atomic mass is 35.5. The molecule has 0 heterocycles. The summed E-state index contributed by atoms with van der Waals surface area (Å²) in [5, 5.41) is 0.614. The molecule has 1 fully saturated rings. The van der Waals surface area contributed by atoms with Gasteiger partial charge in [0.05, 0.1) is 13.2 Å². The largest absolute Gasteiger partial charge is 0.486 e. The summed E-state index contributed by atoms with van der Waals surface area (Å²) in [7, 11) is 1.59. The van der Waals surface area contributed by atoms with Gasteiger partial charge in [0, 0.05) is 18.6 Å². The summed E-state index contributed by atoms with van der Waals surface area (Å²) in [5.74, 6) is 0.770. The molecule has 2 atom stereocenters. The van der Waals surface area contributed by atoms with Crippen LogP contribution in [0.3, 0.4) is 0 Å². The summed E-state index contributed by atoms with van der Waals surface area (Å²) in [6, 6.07) is 5.45. The van der Waals surface area contributed by atoms with E-state index >= 15 is 0 Å². The van der Waals surface area contributed by atoms with E-state index in [1.807, 2.05) is 19.1 Å². The molecule has 1 aliphatic carbocycles. The Labute approximate surface area is 117 Å². The quantitative estimate of drug-likeness (QED) is 0.753. The van der Waals surface area contributed by atoms with Crippen LogP contribution in [0.25, 0.3) is 0 Å². The average molecular weight is 285 g/mol. The average Bonchev–Trinajstić information content (AvgIpc) is 2.38. The van der Waals surface area contributed by atoms with E-state index in [-0.39, 0.29) is 11.9 Å². The summed E-state index contributed by atoms with van der Waals surface area (Å²) < 4.78 is 16.1. The van der Waals surface area contributed by atoms with Gasteiger partial charge >= 0.3 is 0 Å². The molecule has 0 aromatic heterocycles. The van der Waals surface area contributed by atoms with Gasteiger partial charge in [0.2, 0.25) is 0 Å². The summed E-state index contributed by atoms with van der Waals surface area (Å²) in [6.45, 7) is 2.79. The third-order valence-electron chi connectivity index (χ3n) is 3.07. The van der Waals surface area contributed by atoms with Gasteiger partial charge in [-0.1, -0.05) is 17.7 Å². The predicted molar refractivity (Wildman–Crippen MR) is 71.8 cm³/mol. The van der Waals surface area contributed by atoms with Crippen LogP contribution < -0.4 is 4.74 Å². The molecule has 2 unspecified atom stereocenters. The molecule has 5 heteroatoms. The van der Waals surface area contributed by atoms with Crippen LogP contribution >= 0.6 is 11.6 Å². The van der Waals surface area contributed by atoms with Crippen molar-refractivity contribution < 1.29 is 19.0 Å². The van der Waals surface area contributed by atoms with Gasteiger partial charge < -0.3 is 14.2 Å². The lowest BCUT2D eigenvalue weighted by Crippen LogP contribution is -2.52. The molecule has 1 aliphatic rings. The van der Waals surface area contributed by atoms with E-state index < -0.39 is 6.10 Å². The Morgan fingerprint density at radius 3 is 2.84 bits per heavy atom. The second-order valence-electron chi connectivity index (χ2n) is 4.52. The minimum atomic E-state index is -0.492. The van der Waals surface area contributed by atoms with E-state index in [1.165, 1.54) is 0 Å². The molecule has 19 heavy (non-hydrogen) atoms. The van der Waals surface area contributed by atoms with Gasteiger partial charge in [-0.2, -0.15) is 0 Å². The molecule has 1 saturated carbocycles. The van der Waals surface area contributed by atoms with Crippen LogP contribution in [0.1, 0.15) is 12.0 Å². The summed E-state index contributed by atoms with van der Waals surface area (Å²) >= 11 is 5.93. The van der Waals surface area contributed by atoms with Crippen molar-refractivity contribution in [2.45, 2.75) is 25.6 Å². The molecule has 2 rings (SSSR count). The summed E-state index contributed by atoms with van der Waals surface area (Å²) in [5.41, 5.74) is 0.986. The standard InChI is InChI=1S/C14H17ClO4/c1-9-3-4-10(15)7-12(9)19-13-8-11(16)14(13)18-6-5-17-2/h3-4,7,13-14H,5-6,8H2,1-2H3. The Balaban J connectivity index is 1.95. The SMILES string of the molecule is COCCOC1C(=O)CC1Oc1cc(Cl)ccc1C. The molecular weight excluding hydrogens is 268 g/mol. The molecule has 0 radical (unpaired) electrons. The van der Waals surface area contributed by atoms with Crippen molar-refractivity contribution in [1.82, 2.24) is 0 Å². The molecule has 0 saturated heterocycles. The monoisotopic (exact) mass is 284 g/mol. The van der Waals surface area contributed by atoms with Crippen LogP contribution in [0, 0.1) is 6.92 Å². The third-order valence-corrected chi connectivity index (χ3v) is 3.31. The van der Waals surface area contributed by atoms with Crippen LogP contribution in [-0.2, 0) is 14.3 Å². The van der Waals surface area contributed by atoms with Crippen LogP contribution in [-0.4, -0.2) is 38.3 Å². The Morgan fingerprint density at radius 1 is 1.37 bits per heavy atom. The van der Waals surface area contributed by atoms with Crippen molar-refractivity contribution >= 4 is 17.4 Å². The van der Waals surface area contributed by atoms with E-state index in [2.05, 4.69) is 0 Å². The highest BCUT2D eigenvalue weighted by Gasteiger charge is 2.42. The first-order valence-electron chi connectivity index (χ1n) is 6.18. The van der Waals surface area contributed by atoms with E-state index in [0.717, 1.165) is 5.56 Å². The van der Waals surface area contributed by atoms with Crippen LogP contribution in [0.15, 0.2) is 18.2 Å². The van der Waals surface area contributed by atoms with Gasteiger partial charge in [0.1, 0.15) is 11.9 Å². The number of benzene rings is 1. The van der Waals surface area contributed by atoms with Gasteiger partial charge in [-0.3, -0.25) is 4.79 Å². The van der Waals surface area contributed by atoms with Gasteiger partial charge in [-0.25, -0.2) is 0 Å². The first kappa shape index (κ1) is 14.3. The Kier molecular flexibility index (Phi) is 4.80. The first-order valence-corrected chi connectivity index (χ1v) is 6.55. The van der Waals surface area contributed by atoms with Gasteiger partial charge in [0.15, 0.2) is 11.9 Å². The molecule has 0 spiro atoms. The van der Waals surface area contributed by atoms with Crippen molar-refractivity contribution in [3.63, 3.8) is 0 Å². The van der Waals surface area contributed by atoms with Crippen LogP contribution in [0.5, 0.6) is 5.75 Å². The number of methoxy groups -OCH3 is 1. The molecule has 0 amide bonds. The fourth-order valence-electron chi connectivity index (χ4n) is 1.89. The molecule has 0 bridgehead atoms. The lowest BCUT2D eigenvalue weighted by Gasteiger charge is -2.35. The fourth-order valence-corrected chi connectivity index (χ4v) is 2.06. The number of aryl methyl sites for hydroxylation is 1. The molecule has 4 nitrogen and oxygen atoms in total. The fraction of sp³-hybridized carbons (Fsp3) is 0.500. The Bertz CT molecular complexity index is 461. The molecule has 104 valence electrons. The number of hydrogen-bond acceptors (Lipinski definition) is 4. The van der Waals surface area contributed by atoms with E-state index in [9.17, 15) is 4.79 Å².